The molecule has 0 aliphatic heterocycles. The summed E-state index contributed by atoms with van der Waals surface area (Å²) in [4.78, 5) is 12.4. The minimum atomic E-state index is -0.550. The van der Waals surface area contributed by atoms with Crippen LogP contribution in [0.15, 0.2) is 81.2 Å². The SMILES string of the molecule is COc1ccc(N=NC(=CO)C(=O)c2cc3ccccc3o2)cc1. The van der Waals surface area contributed by atoms with Gasteiger partial charge in [0.15, 0.2) is 11.5 Å². The maximum atomic E-state index is 12.4. The summed E-state index contributed by atoms with van der Waals surface area (Å²) in [5, 5.41) is 17.8. The van der Waals surface area contributed by atoms with Crippen LogP contribution in [0.1, 0.15) is 10.6 Å². The highest BCUT2D eigenvalue weighted by molar-refractivity contribution is 6.08. The van der Waals surface area contributed by atoms with Gasteiger partial charge in [-0.15, -0.1) is 5.11 Å². The van der Waals surface area contributed by atoms with E-state index >= 15 is 0 Å². The van der Waals surface area contributed by atoms with E-state index in [2.05, 4.69) is 10.2 Å². The van der Waals surface area contributed by atoms with E-state index in [4.69, 9.17) is 9.15 Å². The third kappa shape index (κ3) is 3.17. The van der Waals surface area contributed by atoms with Gasteiger partial charge >= 0.3 is 0 Å². The van der Waals surface area contributed by atoms with E-state index in [9.17, 15) is 9.90 Å². The maximum Gasteiger partial charge on any atom is 0.251 e. The van der Waals surface area contributed by atoms with Crippen molar-refractivity contribution in [1.82, 2.24) is 0 Å². The summed E-state index contributed by atoms with van der Waals surface area (Å²) in [6, 6.07) is 15.7. The summed E-state index contributed by atoms with van der Waals surface area (Å²) in [5.74, 6) is 0.223. The van der Waals surface area contributed by atoms with Crippen molar-refractivity contribution in [3.63, 3.8) is 0 Å². The molecule has 2 aromatic carbocycles. The van der Waals surface area contributed by atoms with Gasteiger partial charge in [0.05, 0.1) is 12.8 Å². The Balaban J connectivity index is 1.82. The summed E-state index contributed by atoms with van der Waals surface area (Å²) in [5.41, 5.74) is 0.891. The molecule has 0 saturated carbocycles. The molecule has 1 N–H and O–H groups in total. The van der Waals surface area contributed by atoms with Gasteiger partial charge in [-0.05, 0) is 36.4 Å². The molecule has 6 heteroatoms. The van der Waals surface area contributed by atoms with Crippen molar-refractivity contribution in [3.8, 4) is 5.75 Å². The van der Waals surface area contributed by atoms with Crippen molar-refractivity contribution in [2.24, 2.45) is 10.2 Å². The van der Waals surface area contributed by atoms with Crippen LogP contribution in [0.4, 0.5) is 5.69 Å². The van der Waals surface area contributed by atoms with E-state index in [0.717, 1.165) is 5.39 Å². The van der Waals surface area contributed by atoms with Crippen LogP contribution in [-0.4, -0.2) is 18.0 Å². The van der Waals surface area contributed by atoms with Crippen molar-refractivity contribution in [2.45, 2.75) is 0 Å². The molecule has 0 amide bonds. The lowest BCUT2D eigenvalue weighted by atomic mass is 10.2. The quantitative estimate of drug-likeness (QED) is 0.316. The Morgan fingerprint density at radius 2 is 1.92 bits per heavy atom. The number of carbonyl (C=O) groups is 1. The molecule has 0 unspecified atom stereocenters. The number of ketones is 1. The number of hydrogen-bond donors (Lipinski definition) is 1. The fraction of sp³-hybridized carbons (Fsp3) is 0.0556. The number of Topliss-reactive ketones (excluding diaryl/α,β-unsaturated/α-hetero) is 1. The second kappa shape index (κ2) is 6.78. The molecule has 0 spiro atoms. The van der Waals surface area contributed by atoms with Gasteiger partial charge in [-0.2, -0.15) is 5.11 Å². The van der Waals surface area contributed by atoms with Gasteiger partial charge in [-0.1, -0.05) is 18.2 Å². The van der Waals surface area contributed by atoms with Gasteiger partial charge in [-0.3, -0.25) is 4.79 Å². The van der Waals surface area contributed by atoms with Gasteiger partial charge in [-0.25, -0.2) is 0 Å². The number of para-hydroxylation sites is 1. The number of hydrogen-bond acceptors (Lipinski definition) is 6. The van der Waals surface area contributed by atoms with Gasteiger partial charge in [0, 0.05) is 5.39 Å². The number of allylic oxidation sites excluding steroid dienone is 1. The predicted molar refractivity (Wildman–Crippen MR) is 88.8 cm³/mol. The van der Waals surface area contributed by atoms with Crippen LogP contribution in [0.25, 0.3) is 11.0 Å². The highest BCUT2D eigenvalue weighted by atomic mass is 16.5. The molecule has 0 radical (unpaired) electrons. The lowest BCUT2D eigenvalue weighted by Crippen LogP contribution is -1.99. The third-order valence-electron chi connectivity index (χ3n) is 3.35. The Labute approximate surface area is 137 Å². The Kier molecular flexibility index (Phi) is 4.38. The zero-order valence-electron chi connectivity index (χ0n) is 12.8. The molecule has 1 aromatic heterocycles. The highest BCUT2D eigenvalue weighted by Gasteiger charge is 2.17. The minimum absolute atomic E-state index is 0.0881. The fourth-order valence-electron chi connectivity index (χ4n) is 2.11. The second-order valence-corrected chi connectivity index (χ2v) is 4.89. The molecular formula is C18H14N2O4. The summed E-state index contributed by atoms with van der Waals surface area (Å²) in [6.45, 7) is 0. The molecule has 3 rings (SSSR count). The van der Waals surface area contributed by atoms with Gasteiger partial charge in [0.2, 0.25) is 0 Å². The van der Waals surface area contributed by atoms with Crippen molar-refractivity contribution in [1.29, 1.82) is 0 Å². The summed E-state index contributed by atoms with van der Waals surface area (Å²) in [7, 11) is 1.56. The summed E-state index contributed by atoms with van der Waals surface area (Å²) >= 11 is 0. The smallest absolute Gasteiger partial charge is 0.251 e. The number of methoxy groups -OCH3 is 1. The van der Waals surface area contributed by atoms with E-state index in [0.29, 0.717) is 23.3 Å². The first-order valence-corrected chi connectivity index (χ1v) is 7.14. The number of aliphatic hydroxyl groups is 1. The molecular weight excluding hydrogens is 308 g/mol. The van der Waals surface area contributed by atoms with Crippen molar-refractivity contribution in [2.75, 3.05) is 7.11 Å². The summed E-state index contributed by atoms with van der Waals surface area (Å²) in [6.07, 6.45) is 0.614. The molecule has 1 heterocycles. The van der Waals surface area contributed by atoms with Crippen LogP contribution < -0.4 is 4.74 Å². The van der Waals surface area contributed by atoms with Gasteiger partial charge in [0.25, 0.3) is 5.78 Å². The first kappa shape index (κ1) is 15.5. The van der Waals surface area contributed by atoms with Crippen molar-refractivity contribution in [3.05, 3.63) is 72.3 Å². The average Bonchev–Trinajstić information content (AvgIpc) is 3.06. The van der Waals surface area contributed by atoms with E-state index in [1.807, 2.05) is 18.2 Å². The number of benzene rings is 2. The van der Waals surface area contributed by atoms with Gasteiger partial charge in [0.1, 0.15) is 17.6 Å². The Bertz CT molecular complexity index is 891. The number of carbonyl (C=O) groups excluding carboxylic acids is 1. The third-order valence-corrected chi connectivity index (χ3v) is 3.35. The highest BCUT2D eigenvalue weighted by Crippen LogP contribution is 2.23. The van der Waals surface area contributed by atoms with Crippen LogP contribution in [0.5, 0.6) is 5.75 Å². The monoisotopic (exact) mass is 322 g/mol. The van der Waals surface area contributed by atoms with Crippen LogP contribution in [-0.2, 0) is 0 Å². The number of azo groups is 1. The maximum absolute atomic E-state index is 12.4. The first-order valence-electron chi connectivity index (χ1n) is 7.14. The van der Waals surface area contributed by atoms with E-state index in [1.165, 1.54) is 0 Å². The molecule has 24 heavy (non-hydrogen) atoms. The second-order valence-electron chi connectivity index (χ2n) is 4.89. The van der Waals surface area contributed by atoms with Crippen molar-refractivity contribution < 1.29 is 19.1 Å². The van der Waals surface area contributed by atoms with E-state index < -0.39 is 5.78 Å². The molecule has 0 saturated heterocycles. The number of nitrogens with zero attached hydrogens (tertiary/aromatic N) is 2. The Hall–Kier alpha value is -3.41. The number of rotatable bonds is 5. The predicted octanol–water partition coefficient (Wildman–Crippen LogP) is 4.81. The zero-order chi connectivity index (χ0) is 16.9. The molecule has 6 nitrogen and oxygen atoms in total. The lowest BCUT2D eigenvalue weighted by molar-refractivity contribution is 0.100. The number of fused-ring (bicyclic) bond motifs is 1. The Morgan fingerprint density at radius 3 is 2.58 bits per heavy atom. The van der Waals surface area contributed by atoms with Crippen LogP contribution in [0.2, 0.25) is 0 Å². The molecule has 0 bridgehead atoms. The number of aliphatic hydroxyl groups excluding tert-OH is 1. The molecule has 0 aliphatic carbocycles. The summed E-state index contributed by atoms with van der Waals surface area (Å²) < 4.78 is 10.5. The topological polar surface area (TPSA) is 84.4 Å². The first-order chi connectivity index (χ1) is 11.7. The van der Waals surface area contributed by atoms with E-state index in [1.54, 1.807) is 43.5 Å². The van der Waals surface area contributed by atoms with E-state index in [-0.39, 0.29) is 11.5 Å². The fourth-order valence-corrected chi connectivity index (χ4v) is 2.11. The normalized spacial score (nSPS) is 12.0. The standard InChI is InChI=1S/C18H14N2O4/c1-23-14-8-6-13(7-9-14)19-20-15(11-21)18(22)17-10-12-4-2-3-5-16(12)24-17/h2-11,21H,1H3. The molecule has 0 fully saturated rings. The molecule has 3 aromatic rings. The number of ether oxygens (including phenoxy) is 1. The molecule has 0 atom stereocenters. The molecule has 0 aliphatic rings. The molecule has 120 valence electrons. The van der Waals surface area contributed by atoms with Crippen molar-refractivity contribution >= 4 is 22.4 Å². The largest absolute Gasteiger partial charge is 0.513 e. The van der Waals surface area contributed by atoms with Crippen LogP contribution >= 0.6 is 0 Å². The zero-order valence-corrected chi connectivity index (χ0v) is 12.8. The Morgan fingerprint density at radius 1 is 1.17 bits per heavy atom. The average molecular weight is 322 g/mol. The minimum Gasteiger partial charge on any atom is -0.513 e. The lowest BCUT2D eigenvalue weighted by Gasteiger charge is -1.99. The van der Waals surface area contributed by atoms with Crippen LogP contribution in [0, 0.1) is 0 Å². The number of furan rings is 1. The van der Waals surface area contributed by atoms with Gasteiger partial charge < -0.3 is 14.3 Å². The van der Waals surface area contributed by atoms with Crippen LogP contribution in [0.3, 0.4) is 0 Å².